The lowest BCUT2D eigenvalue weighted by Crippen LogP contribution is -2.19. The summed E-state index contributed by atoms with van der Waals surface area (Å²) in [4.78, 5) is 23.3. The number of amides is 1. The Morgan fingerprint density at radius 3 is 2.73 bits per heavy atom. The molecule has 8 nitrogen and oxygen atoms in total. The Kier molecular flexibility index (Phi) is 8.89. The van der Waals surface area contributed by atoms with E-state index in [-0.39, 0.29) is 10.1 Å². The normalized spacial score (nSPS) is 16.0. The van der Waals surface area contributed by atoms with Gasteiger partial charge in [0, 0.05) is 11.6 Å². The van der Waals surface area contributed by atoms with E-state index in [0.29, 0.717) is 31.1 Å². The van der Waals surface area contributed by atoms with Crippen molar-refractivity contribution in [3.8, 4) is 11.5 Å². The van der Waals surface area contributed by atoms with E-state index in [0.717, 1.165) is 29.0 Å². The number of methoxy groups -OCH3 is 1. The van der Waals surface area contributed by atoms with Crippen LogP contribution in [0, 0.1) is 0 Å². The maximum absolute atomic E-state index is 11.8. The van der Waals surface area contributed by atoms with E-state index in [1.807, 2.05) is 13.0 Å². The topological polar surface area (TPSA) is 98.6 Å². The molecule has 1 fully saturated rings. The molecule has 1 aliphatic heterocycles. The van der Waals surface area contributed by atoms with Gasteiger partial charge < -0.3 is 14.2 Å². The number of carbonyl (C=O) groups excluding carboxylic acids is 2. The van der Waals surface area contributed by atoms with Gasteiger partial charge in [-0.3, -0.25) is 10.1 Å². The predicted octanol–water partition coefficient (Wildman–Crippen LogP) is 2.99. The SMILES string of the molecule is C=CCOc1c(CC=C)cc(C=N/N=C2/NC(=O)/C(=C\C(=O)OC)S2)cc1OCC. The fourth-order valence-corrected chi connectivity index (χ4v) is 3.16. The maximum Gasteiger partial charge on any atom is 0.331 e. The van der Waals surface area contributed by atoms with Crippen LogP contribution in [0.3, 0.4) is 0 Å². The summed E-state index contributed by atoms with van der Waals surface area (Å²) in [6, 6.07) is 3.69. The molecule has 0 unspecified atom stereocenters. The molecule has 1 aromatic carbocycles. The number of amidine groups is 1. The highest BCUT2D eigenvalue weighted by molar-refractivity contribution is 8.18. The van der Waals surface area contributed by atoms with Crippen molar-refractivity contribution < 1.29 is 23.8 Å². The van der Waals surface area contributed by atoms with Crippen molar-refractivity contribution >= 4 is 35.0 Å². The van der Waals surface area contributed by atoms with Gasteiger partial charge in [0.05, 0.1) is 24.8 Å². The molecule has 0 saturated carbocycles. The molecule has 1 aromatic rings. The van der Waals surface area contributed by atoms with E-state index < -0.39 is 11.9 Å². The van der Waals surface area contributed by atoms with Crippen molar-refractivity contribution in [1.29, 1.82) is 0 Å². The second kappa shape index (κ2) is 11.6. The zero-order chi connectivity index (χ0) is 21.9. The van der Waals surface area contributed by atoms with E-state index in [9.17, 15) is 9.59 Å². The van der Waals surface area contributed by atoms with Crippen LogP contribution in [0.25, 0.3) is 0 Å². The Morgan fingerprint density at radius 2 is 2.07 bits per heavy atom. The number of benzene rings is 1. The number of carbonyl (C=O) groups is 2. The molecule has 0 spiro atoms. The van der Waals surface area contributed by atoms with Crippen LogP contribution in [0.15, 0.2) is 58.6 Å². The molecule has 0 aliphatic carbocycles. The first-order valence-electron chi connectivity index (χ1n) is 9.06. The lowest BCUT2D eigenvalue weighted by Gasteiger charge is -2.15. The number of rotatable bonds is 10. The molecule has 0 aromatic heterocycles. The van der Waals surface area contributed by atoms with E-state index in [1.165, 1.54) is 13.3 Å². The third-order valence-electron chi connectivity index (χ3n) is 3.62. The summed E-state index contributed by atoms with van der Waals surface area (Å²) in [5.74, 6) is 0.167. The summed E-state index contributed by atoms with van der Waals surface area (Å²) in [5.41, 5.74) is 1.63. The number of hydrogen-bond acceptors (Lipinski definition) is 8. The van der Waals surface area contributed by atoms with Crippen molar-refractivity contribution in [2.75, 3.05) is 20.3 Å². The summed E-state index contributed by atoms with van der Waals surface area (Å²) in [5, 5.41) is 10.8. The van der Waals surface area contributed by atoms with Gasteiger partial charge in [0.25, 0.3) is 5.91 Å². The molecule has 30 heavy (non-hydrogen) atoms. The van der Waals surface area contributed by atoms with Crippen molar-refractivity contribution in [3.05, 3.63) is 59.6 Å². The van der Waals surface area contributed by atoms with E-state index in [4.69, 9.17) is 9.47 Å². The van der Waals surface area contributed by atoms with Crippen LogP contribution in [0.5, 0.6) is 11.5 Å². The number of ether oxygens (including phenoxy) is 3. The monoisotopic (exact) mass is 429 g/mol. The molecule has 1 amide bonds. The second-order valence-corrected chi connectivity index (χ2v) is 6.80. The van der Waals surface area contributed by atoms with Crippen LogP contribution in [-0.2, 0) is 20.7 Å². The Balaban J connectivity index is 2.25. The lowest BCUT2D eigenvalue weighted by molar-refractivity contribution is -0.135. The number of nitrogens with one attached hydrogen (secondary N) is 1. The molecule has 2 rings (SSSR count). The first-order valence-corrected chi connectivity index (χ1v) is 9.88. The van der Waals surface area contributed by atoms with Gasteiger partial charge in [-0.2, -0.15) is 5.10 Å². The van der Waals surface area contributed by atoms with Crippen LogP contribution >= 0.6 is 11.8 Å². The molecule has 0 atom stereocenters. The first kappa shape index (κ1) is 23.0. The Morgan fingerprint density at radius 1 is 1.27 bits per heavy atom. The van der Waals surface area contributed by atoms with Crippen LogP contribution in [0.2, 0.25) is 0 Å². The minimum atomic E-state index is -0.616. The summed E-state index contributed by atoms with van der Waals surface area (Å²) < 4.78 is 16.0. The van der Waals surface area contributed by atoms with Gasteiger partial charge in [-0.15, -0.1) is 11.7 Å². The average Bonchev–Trinajstić information content (AvgIpc) is 3.06. The molecule has 158 valence electrons. The molecule has 1 aliphatic rings. The lowest BCUT2D eigenvalue weighted by atomic mass is 10.1. The first-order chi connectivity index (χ1) is 14.5. The minimum Gasteiger partial charge on any atom is -0.490 e. The van der Waals surface area contributed by atoms with E-state index in [2.05, 4.69) is 33.4 Å². The van der Waals surface area contributed by atoms with Gasteiger partial charge in [-0.05, 0) is 42.8 Å². The molecular weight excluding hydrogens is 406 g/mol. The van der Waals surface area contributed by atoms with Crippen molar-refractivity contribution in [1.82, 2.24) is 5.32 Å². The average molecular weight is 429 g/mol. The molecule has 1 heterocycles. The quantitative estimate of drug-likeness (QED) is 0.202. The molecule has 0 bridgehead atoms. The Bertz CT molecular complexity index is 921. The number of esters is 1. The number of thioether (sulfide) groups is 1. The number of nitrogens with zero attached hydrogens (tertiary/aromatic N) is 2. The third-order valence-corrected chi connectivity index (χ3v) is 4.52. The summed E-state index contributed by atoms with van der Waals surface area (Å²) in [6.07, 6.45) is 6.65. The zero-order valence-electron chi connectivity index (χ0n) is 16.8. The maximum atomic E-state index is 11.8. The zero-order valence-corrected chi connectivity index (χ0v) is 17.7. The summed E-state index contributed by atoms with van der Waals surface area (Å²) in [7, 11) is 1.24. The standard InChI is InChI=1S/C21H23N3O5S/c1-5-8-15-10-14(11-16(28-7-3)19(15)29-9-6-2)13-22-24-21-23-20(26)17(30-21)12-18(25)27-4/h5-6,10-13H,1-2,7-9H2,3-4H3,(H,23,24,26)/b17-12+,22-13?. The molecule has 0 radical (unpaired) electrons. The summed E-state index contributed by atoms with van der Waals surface area (Å²) in [6.45, 7) is 10.2. The van der Waals surface area contributed by atoms with Gasteiger partial charge in [0.15, 0.2) is 16.7 Å². The van der Waals surface area contributed by atoms with Gasteiger partial charge in [-0.1, -0.05) is 18.7 Å². The molecule has 1 saturated heterocycles. The fourth-order valence-electron chi connectivity index (χ4n) is 2.42. The summed E-state index contributed by atoms with van der Waals surface area (Å²) >= 11 is 1.00. The smallest absolute Gasteiger partial charge is 0.331 e. The molecule has 1 N–H and O–H groups in total. The number of allylic oxidation sites excluding steroid dienone is 1. The van der Waals surface area contributed by atoms with Gasteiger partial charge in [-0.25, -0.2) is 4.79 Å². The van der Waals surface area contributed by atoms with Crippen molar-refractivity contribution in [2.45, 2.75) is 13.3 Å². The largest absolute Gasteiger partial charge is 0.490 e. The van der Waals surface area contributed by atoms with Gasteiger partial charge in [0.1, 0.15) is 6.61 Å². The minimum absolute atomic E-state index is 0.187. The van der Waals surface area contributed by atoms with E-state index in [1.54, 1.807) is 18.2 Å². The second-order valence-electron chi connectivity index (χ2n) is 5.77. The van der Waals surface area contributed by atoms with Crippen molar-refractivity contribution in [3.63, 3.8) is 0 Å². The highest BCUT2D eigenvalue weighted by Crippen LogP contribution is 2.33. The predicted molar refractivity (Wildman–Crippen MR) is 118 cm³/mol. The third kappa shape index (κ3) is 6.35. The Hall–Kier alpha value is -3.33. The highest BCUT2D eigenvalue weighted by atomic mass is 32.2. The van der Waals surface area contributed by atoms with E-state index >= 15 is 0 Å². The van der Waals surface area contributed by atoms with Gasteiger partial charge in [0.2, 0.25) is 0 Å². The van der Waals surface area contributed by atoms with Crippen LogP contribution < -0.4 is 14.8 Å². The number of hydrogen-bond donors (Lipinski definition) is 1. The Labute approximate surface area is 179 Å². The fraction of sp³-hybridized carbons (Fsp3) is 0.238. The molecular formula is C21H23N3O5S. The highest BCUT2D eigenvalue weighted by Gasteiger charge is 2.25. The van der Waals surface area contributed by atoms with Crippen LogP contribution in [-0.4, -0.2) is 43.6 Å². The molecule has 9 heteroatoms. The van der Waals surface area contributed by atoms with Gasteiger partial charge >= 0.3 is 5.97 Å². The van der Waals surface area contributed by atoms with Crippen LogP contribution in [0.4, 0.5) is 0 Å². The van der Waals surface area contributed by atoms with Crippen LogP contribution in [0.1, 0.15) is 18.1 Å². The van der Waals surface area contributed by atoms with Crippen molar-refractivity contribution in [2.24, 2.45) is 10.2 Å².